The molecular formula is C2H5NNaO4+. The van der Waals surface area contributed by atoms with E-state index in [2.05, 4.69) is 0 Å². The van der Waals surface area contributed by atoms with Gasteiger partial charge in [0.25, 0.3) is 6.54 Å². The van der Waals surface area contributed by atoms with Gasteiger partial charge in [0, 0.05) is 4.92 Å². The molecule has 0 amide bonds. The van der Waals surface area contributed by atoms with Crippen molar-refractivity contribution in [3.8, 4) is 0 Å². The molecule has 0 spiro atoms. The van der Waals surface area contributed by atoms with Gasteiger partial charge in [-0.25, -0.2) is 0 Å². The minimum absolute atomic E-state index is 0. The Balaban J connectivity index is 0. The van der Waals surface area contributed by atoms with Crippen LogP contribution in [-0.4, -0.2) is 28.0 Å². The van der Waals surface area contributed by atoms with Gasteiger partial charge in [0.1, 0.15) is 0 Å². The summed E-state index contributed by atoms with van der Waals surface area (Å²) in [6, 6.07) is 0. The predicted molar refractivity (Wildman–Crippen MR) is 20.1 cm³/mol. The van der Waals surface area contributed by atoms with Crippen LogP contribution in [0.3, 0.4) is 0 Å². The molecule has 0 aliphatic rings. The van der Waals surface area contributed by atoms with Gasteiger partial charge in [-0.1, -0.05) is 0 Å². The van der Waals surface area contributed by atoms with Crippen LogP contribution >= 0.6 is 0 Å². The summed E-state index contributed by atoms with van der Waals surface area (Å²) in [6.07, 6.45) is -1.82. The first-order chi connectivity index (χ1) is 3.13. The maximum atomic E-state index is 9.30. The third-order valence-corrected chi connectivity index (χ3v) is 0.312. The largest absolute Gasteiger partial charge is 1.00 e. The summed E-state index contributed by atoms with van der Waals surface area (Å²) in [5, 5.41) is 25.0. The summed E-state index contributed by atoms with van der Waals surface area (Å²) in [5.74, 6) is 0. The molecule has 0 saturated carbocycles. The minimum Gasteiger partial charge on any atom is -0.363 e. The fourth-order valence-electron chi connectivity index (χ4n) is 0.133. The smallest absolute Gasteiger partial charge is 0.363 e. The SMILES string of the molecule is O=[N+]([O-])CC(O)O.[Na+]. The van der Waals surface area contributed by atoms with E-state index in [0.717, 1.165) is 0 Å². The van der Waals surface area contributed by atoms with Crippen molar-refractivity contribution in [2.45, 2.75) is 6.29 Å². The molecule has 6 heteroatoms. The van der Waals surface area contributed by atoms with Crippen LogP contribution in [0.25, 0.3) is 0 Å². The van der Waals surface area contributed by atoms with Gasteiger partial charge in [-0.3, -0.25) is 10.1 Å². The summed E-state index contributed by atoms with van der Waals surface area (Å²) >= 11 is 0. The Labute approximate surface area is 67.8 Å². The summed E-state index contributed by atoms with van der Waals surface area (Å²) in [4.78, 5) is 8.49. The Morgan fingerprint density at radius 1 is 1.62 bits per heavy atom. The second kappa shape index (κ2) is 5.46. The van der Waals surface area contributed by atoms with Gasteiger partial charge in [-0.15, -0.1) is 0 Å². The summed E-state index contributed by atoms with van der Waals surface area (Å²) in [7, 11) is 0. The average molecular weight is 130 g/mol. The number of aliphatic hydroxyl groups is 2. The van der Waals surface area contributed by atoms with Gasteiger partial charge in [0.15, 0.2) is 0 Å². The quantitative estimate of drug-likeness (QED) is 0.171. The van der Waals surface area contributed by atoms with E-state index in [9.17, 15) is 10.1 Å². The van der Waals surface area contributed by atoms with Crippen molar-refractivity contribution in [3.63, 3.8) is 0 Å². The third-order valence-electron chi connectivity index (χ3n) is 0.312. The van der Waals surface area contributed by atoms with E-state index in [0.29, 0.717) is 0 Å². The Morgan fingerprint density at radius 3 is 2.00 bits per heavy atom. The number of aliphatic hydroxyl groups excluding tert-OH is 1. The van der Waals surface area contributed by atoms with Gasteiger partial charge in [0.2, 0.25) is 6.29 Å². The van der Waals surface area contributed by atoms with Crippen LogP contribution in [0.1, 0.15) is 0 Å². The Bertz CT molecular complexity index is 74.4. The van der Waals surface area contributed by atoms with Crippen molar-refractivity contribution in [2.24, 2.45) is 0 Å². The molecule has 8 heavy (non-hydrogen) atoms. The van der Waals surface area contributed by atoms with E-state index in [-0.39, 0.29) is 29.6 Å². The first kappa shape index (κ1) is 11.2. The van der Waals surface area contributed by atoms with Crippen LogP contribution < -0.4 is 29.6 Å². The Morgan fingerprint density at radius 2 is 2.00 bits per heavy atom. The first-order valence-electron chi connectivity index (χ1n) is 1.61. The monoisotopic (exact) mass is 130 g/mol. The van der Waals surface area contributed by atoms with Crippen LogP contribution in [0, 0.1) is 10.1 Å². The van der Waals surface area contributed by atoms with Crippen LogP contribution in [0.5, 0.6) is 0 Å². The zero-order valence-corrected chi connectivity index (χ0v) is 6.44. The van der Waals surface area contributed by atoms with Crippen molar-refractivity contribution in [1.29, 1.82) is 0 Å². The van der Waals surface area contributed by atoms with Crippen LogP contribution in [0.15, 0.2) is 0 Å². The molecule has 0 atom stereocenters. The molecule has 0 aromatic rings. The molecule has 0 rings (SSSR count). The zero-order valence-electron chi connectivity index (χ0n) is 4.44. The summed E-state index contributed by atoms with van der Waals surface area (Å²) in [6.45, 7) is -0.806. The van der Waals surface area contributed by atoms with E-state index >= 15 is 0 Å². The molecule has 0 aliphatic heterocycles. The van der Waals surface area contributed by atoms with E-state index in [4.69, 9.17) is 10.2 Å². The fourth-order valence-corrected chi connectivity index (χ4v) is 0.133. The normalized spacial score (nSPS) is 8.38. The minimum atomic E-state index is -1.82. The topological polar surface area (TPSA) is 83.6 Å². The molecule has 0 heterocycles. The van der Waals surface area contributed by atoms with Crippen molar-refractivity contribution in [3.05, 3.63) is 10.1 Å². The van der Waals surface area contributed by atoms with E-state index in [1.165, 1.54) is 0 Å². The van der Waals surface area contributed by atoms with Crippen molar-refractivity contribution >= 4 is 0 Å². The van der Waals surface area contributed by atoms with Gasteiger partial charge in [-0.2, -0.15) is 0 Å². The Hall–Kier alpha value is 0.320. The molecule has 0 fully saturated rings. The molecule has 0 saturated heterocycles. The molecule has 0 aromatic carbocycles. The number of hydrogen-bond donors (Lipinski definition) is 2. The van der Waals surface area contributed by atoms with E-state index < -0.39 is 17.8 Å². The molecule has 0 radical (unpaired) electrons. The zero-order chi connectivity index (χ0) is 5.86. The summed E-state index contributed by atoms with van der Waals surface area (Å²) < 4.78 is 0. The van der Waals surface area contributed by atoms with Crippen LogP contribution in [-0.2, 0) is 0 Å². The maximum absolute atomic E-state index is 9.30. The second-order valence-electron chi connectivity index (χ2n) is 0.996. The average Bonchev–Trinajstić information content (AvgIpc) is 1.27. The number of nitro groups is 1. The van der Waals surface area contributed by atoms with Gasteiger partial charge in [-0.05, 0) is 0 Å². The van der Waals surface area contributed by atoms with E-state index in [1.807, 2.05) is 0 Å². The molecule has 42 valence electrons. The summed E-state index contributed by atoms with van der Waals surface area (Å²) in [5.41, 5.74) is 0. The first-order valence-corrected chi connectivity index (χ1v) is 1.61. The number of hydrogen-bond acceptors (Lipinski definition) is 4. The van der Waals surface area contributed by atoms with Crippen molar-refractivity contribution in [2.75, 3.05) is 6.54 Å². The predicted octanol–water partition coefficient (Wildman–Crippen LogP) is -4.42. The van der Waals surface area contributed by atoms with Crippen molar-refractivity contribution < 1.29 is 44.7 Å². The molecule has 0 unspecified atom stereocenters. The van der Waals surface area contributed by atoms with Gasteiger partial charge in [0.05, 0.1) is 0 Å². The van der Waals surface area contributed by atoms with Crippen LogP contribution in [0.4, 0.5) is 0 Å². The van der Waals surface area contributed by atoms with Crippen LogP contribution in [0.2, 0.25) is 0 Å². The molecule has 0 bridgehead atoms. The Kier molecular flexibility index (Phi) is 7.61. The van der Waals surface area contributed by atoms with Gasteiger partial charge >= 0.3 is 29.6 Å². The standard InChI is InChI=1S/C2H5NO4.Na/c4-2(5)1-3(6)7;/h2,4-5H,1H2;/q;+1. The molecule has 5 nitrogen and oxygen atoms in total. The molecule has 0 aliphatic carbocycles. The number of rotatable bonds is 2. The third kappa shape index (κ3) is 9.58. The van der Waals surface area contributed by atoms with Crippen molar-refractivity contribution in [1.82, 2.24) is 0 Å². The maximum Gasteiger partial charge on any atom is 1.00 e. The van der Waals surface area contributed by atoms with E-state index in [1.54, 1.807) is 0 Å². The molecular weight excluding hydrogens is 125 g/mol. The molecule has 2 N–H and O–H groups in total. The second-order valence-corrected chi connectivity index (χ2v) is 0.996. The molecule has 0 aromatic heterocycles. The van der Waals surface area contributed by atoms with Gasteiger partial charge < -0.3 is 10.2 Å². The number of nitrogens with zero attached hydrogens (tertiary/aromatic N) is 1. The fraction of sp³-hybridized carbons (Fsp3) is 1.00.